The van der Waals surface area contributed by atoms with Gasteiger partial charge in [-0.1, -0.05) is 24.3 Å². The Labute approximate surface area is 173 Å². The van der Waals surface area contributed by atoms with Gasteiger partial charge in [0.05, 0.1) is 20.9 Å². The van der Waals surface area contributed by atoms with Gasteiger partial charge < -0.3 is 9.47 Å². The first-order chi connectivity index (χ1) is 13.9. The van der Waals surface area contributed by atoms with Gasteiger partial charge in [-0.25, -0.2) is 26.4 Å². The van der Waals surface area contributed by atoms with E-state index in [2.05, 4.69) is 0 Å². The molecular weight excluding hydrogens is 436 g/mol. The Kier molecular flexibility index (Phi) is 7.11. The van der Waals surface area contributed by atoms with Crippen molar-refractivity contribution in [2.24, 2.45) is 0 Å². The van der Waals surface area contributed by atoms with Gasteiger partial charge in [-0.05, 0) is 24.3 Å². The van der Waals surface area contributed by atoms with E-state index in [-0.39, 0.29) is 20.9 Å². The Morgan fingerprint density at radius 1 is 0.667 bits per heavy atom. The fourth-order valence-electron chi connectivity index (χ4n) is 2.41. The first-order valence-corrected chi connectivity index (χ1v) is 12.1. The van der Waals surface area contributed by atoms with Crippen molar-refractivity contribution < 1.29 is 40.7 Å². The van der Waals surface area contributed by atoms with E-state index in [1.807, 2.05) is 0 Å². The van der Waals surface area contributed by atoms with Crippen molar-refractivity contribution in [1.82, 2.24) is 0 Å². The molecule has 0 aliphatic rings. The smallest absolute Gasteiger partial charge is 0.339 e. The van der Waals surface area contributed by atoms with Crippen LogP contribution in [0, 0.1) is 0 Å². The molecule has 0 saturated carbocycles. The summed E-state index contributed by atoms with van der Waals surface area (Å²) in [4.78, 5) is 35.6. The van der Waals surface area contributed by atoms with Crippen LogP contribution in [0.25, 0.3) is 0 Å². The lowest BCUT2D eigenvalue weighted by Gasteiger charge is -2.09. The van der Waals surface area contributed by atoms with Crippen LogP contribution in [0.2, 0.25) is 0 Å². The Balaban J connectivity index is 1.99. The van der Waals surface area contributed by atoms with Crippen LogP contribution >= 0.6 is 0 Å². The zero-order valence-electron chi connectivity index (χ0n) is 16.0. The molecule has 0 atom stereocenters. The molecule has 2 aromatic carbocycles. The Morgan fingerprint density at radius 2 is 1.00 bits per heavy atom. The number of carbonyl (C=O) groups excluding carboxylic acids is 3. The number of ketones is 1. The van der Waals surface area contributed by atoms with Gasteiger partial charge in [0.15, 0.2) is 32.9 Å². The SMILES string of the molecule is CS(=O)(=O)c1ccccc1C(=O)OCC(=O)COC(=O)c1ccccc1S(C)(=O)=O. The summed E-state index contributed by atoms with van der Waals surface area (Å²) in [5, 5.41) is 0. The van der Waals surface area contributed by atoms with E-state index in [1.165, 1.54) is 48.5 Å². The molecule has 2 rings (SSSR count). The summed E-state index contributed by atoms with van der Waals surface area (Å²) in [6.07, 6.45) is 1.86. The van der Waals surface area contributed by atoms with Crippen molar-refractivity contribution in [3.05, 3.63) is 59.7 Å². The van der Waals surface area contributed by atoms with E-state index in [1.54, 1.807) is 0 Å². The van der Waals surface area contributed by atoms with Gasteiger partial charge in [0, 0.05) is 12.5 Å². The van der Waals surface area contributed by atoms with Crippen LogP contribution in [0.5, 0.6) is 0 Å². The summed E-state index contributed by atoms with van der Waals surface area (Å²) in [6, 6.07) is 10.7. The monoisotopic (exact) mass is 454 g/mol. The van der Waals surface area contributed by atoms with Gasteiger partial charge in [-0.2, -0.15) is 0 Å². The van der Waals surface area contributed by atoms with Gasteiger partial charge in [0.1, 0.15) is 0 Å². The zero-order chi connectivity index (χ0) is 22.5. The van der Waals surface area contributed by atoms with Crippen molar-refractivity contribution in [1.29, 1.82) is 0 Å². The first-order valence-electron chi connectivity index (χ1n) is 8.35. The molecule has 0 saturated heterocycles. The lowest BCUT2D eigenvalue weighted by molar-refractivity contribution is -0.125. The molecule has 30 heavy (non-hydrogen) atoms. The average Bonchev–Trinajstić information content (AvgIpc) is 2.68. The highest BCUT2D eigenvalue weighted by Crippen LogP contribution is 2.17. The minimum Gasteiger partial charge on any atom is -0.454 e. The number of hydrogen-bond donors (Lipinski definition) is 0. The predicted octanol–water partition coefficient (Wildman–Crippen LogP) is 1.08. The molecular formula is C19H18O9S2. The van der Waals surface area contributed by atoms with Crippen LogP contribution < -0.4 is 0 Å². The van der Waals surface area contributed by atoms with Crippen molar-refractivity contribution in [2.45, 2.75) is 9.79 Å². The number of ether oxygens (including phenoxy) is 2. The number of hydrogen-bond acceptors (Lipinski definition) is 9. The fraction of sp³-hybridized carbons (Fsp3) is 0.211. The summed E-state index contributed by atoms with van der Waals surface area (Å²) < 4.78 is 56.5. The van der Waals surface area contributed by atoms with Crippen molar-refractivity contribution in [3.8, 4) is 0 Å². The number of rotatable bonds is 8. The van der Waals surface area contributed by atoms with E-state index in [0.717, 1.165) is 12.5 Å². The number of sulfone groups is 2. The highest BCUT2D eigenvalue weighted by molar-refractivity contribution is 7.91. The van der Waals surface area contributed by atoms with Gasteiger partial charge in [-0.3, -0.25) is 4.79 Å². The standard InChI is InChI=1S/C19H18O9S2/c1-29(23,24)16-9-5-3-7-14(16)18(21)27-11-13(20)12-28-19(22)15-8-4-6-10-17(15)30(2,25)26/h3-10H,11-12H2,1-2H3. The highest BCUT2D eigenvalue weighted by Gasteiger charge is 2.22. The molecule has 0 radical (unpaired) electrons. The van der Waals surface area contributed by atoms with E-state index in [0.29, 0.717) is 0 Å². The average molecular weight is 454 g/mol. The number of esters is 2. The van der Waals surface area contributed by atoms with Crippen LogP contribution in [0.3, 0.4) is 0 Å². The molecule has 2 aromatic rings. The highest BCUT2D eigenvalue weighted by atomic mass is 32.2. The number of benzene rings is 2. The maximum Gasteiger partial charge on any atom is 0.339 e. The third-order valence-electron chi connectivity index (χ3n) is 3.74. The molecule has 0 aromatic heterocycles. The van der Waals surface area contributed by atoms with Crippen molar-refractivity contribution in [3.63, 3.8) is 0 Å². The van der Waals surface area contributed by atoms with Crippen molar-refractivity contribution in [2.75, 3.05) is 25.7 Å². The summed E-state index contributed by atoms with van der Waals surface area (Å²) in [7, 11) is -7.38. The Bertz CT molecular complexity index is 1100. The Hall–Kier alpha value is -3.05. The lowest BCUT2D eigenvalue weighted by atomic mass is 10.2. The number of Topliss-reactive ketones (excluding diaryl/α,β-unsaturated/α-hetero) is 1. The lowest BCUT2D eigenvalue weighted by Crippen LogP contribution is -2.22. The Morgan fingerprint density at radius 3 is 1.33 bits per heavy atom. The van der Waals surface area contributed by atoms with Gasteiger partial charge in [0.2, 0.25) is 5.78 Å². The van der Waals surface area contributed by atoms with Crippen LogP contribution in [0.4, 0.5) is 0 Å². The number of carbonyl (C=O) groups is 3. The molecule has 0 spiro atoms. The van der Waals surface area contributed by atoms with E-state index in [4.69, 9.17) is 9.47 Å². The first kappa shape index (κ1) is 23.2. The fourth-order valence-corrected chi connectivity index (χ4v) is 4.16. The summed E-state index contributed by atoms with van der Waals surface area (Å²) >= 11 is 0. The molecule has 0 fully saturated rings. The quantitative estimate of drug-likeness (QED) is 0.536. The van der Waals surface area contributed by atoms with E-state index in [9.17, 15) is 31.2 Å². The van der Waals surface area contributed by atoms with Crippen LogP contribution in [-0.2, 0) is 33.9 Å². The minimum absolute atomic E-state index is 0.230. The zero-order valence-corrected chi connectivity index (χ0v) is 17.7. The minimum atomic E-state index is -3.69. The summed E-state index contributed by atoms with van der Waals surface area (Å²) in [5.41, 5.74) is -0.459. The molecule has 0 bridgehead atoms. The second-order valence-electron chi connectivity index (χ2n) is 6.23. The molecule has 0 N–H and O–H groups in total. The summed E-state index contributed by atoms with van der Waals surface area (Å²) in [6.45, 7) is -1.53. The molecule has 0 amide bonds. The second-order valence-corrected chi connectivity index (χ2v) is 10.2. The maximum atomic E-state index is 12.1. The van der Waals surface area contributed by atoms with Crippen LogP contribution in [-0.4, -0.2) is 60.3 Å². The molecule has 160 valence electrons. The second kappa shape index (κ2) is 9.18. The third-order valence-corrected chi connectivity index (χ3v) is 6.05. The molecule has 11 heteroatoms. The van der Waals surface area contributed by atoms with E-state index < -0.39 is 50.6 Å². The van der Waals surface area contributed by atoms with Crippen LogP contribution in [0.15, 0.2) is 58.3 Å². The molecule has 0 heterocycles. The van der Waals surface area contributed by atoms with Crippen LogP contribution in [0.1, 0.15) is 20.7 Å². The molecule has 9 nitrogen and oxygen atoms in total. The van der Waals surface area contributed by atoms with Gasteiger partial charge >= 0.3 is 11.9 Å². The third kappa shape index (κ3) is 5.97. The normalized spacial score (nSPS) is 11.5. The molecule has 0 unspecified atom stereocenters. The van der Waals surface area contributed by atoms with E-state index >= 15 is 0 Å². The van der Waals surface area contributed by atoms with Crippen molar-refractivity contribution >= 4 is 37.4 Å². The largest absolute Gasteiger partial charge is 0.454 e. The topological polar surface area (TPSA) is 138 Å². The summed E-state index contributed by atoms with van der Waals surface area (Å²) in [5.74, 6) is -2.85. The molecule has 0 aliphatic carbocycles. The van der Waals surface area contributed by atoms with Gasteiger partial charge in [-0.15, -0.1) is 0 Å². The van der Waals surface area contributed by atoms with Gasteiger partial charge in [0.25, 0.3) is 0 Å². The predicted molar refractivity (Wildman–Crippen MR) is 105 cm³/mol. The molecule has 0 aliphatic heterocycles. The maximum absolute atomic E-state index is 12.1.